The third-order valence-electron chi connectivity index (χ3n) is 8.26. The fourth-order valence-electron chi connectivity index (χ4n) is 6.35. The zero-order valence-corrected chi connectivity index (χ0v) is 22.8. The number of rotatable bonds is 2. The summed E-state index contributed by atoms with van der Waals surface area (Å²) in [6, 6.07) is 48.0. The molecule has 9 rings (SSSR count). The maximum Gasteiger partial charge on any atom is 0.143 e. The van der Waals surface area contributed by atoms with E-state index in [2.05, 4.69) is 133 Å². The molecule has 0 saturated heterocycles. The third-order valence-corrected chi connectivity index (χ3v) is 9.32. The minimum absolute atomic E-state index is 0.927. The summed E-state index contributed by atoms with van der Waals surface area (Å²) in [5, 5.41) is 8.92. The SMILES string of the molecule is c1cc(-c2ccc3c4ccccc4c4ccccc4c3c2)cc(-c2cccc3nc4sc5ccccc5c4nc23)c1. The van der Waals surface area contributed by atoms with Crippen molar-refractivity contribution in [2.45, 2.75) is 0 Å². The lowest BCUT2D eigenvalue weighted by atomic mass is 9.91. The first-order valence-corrected chi connectivity index (χ1v) is 14.7. The molecular weight excluding hydrogens is 516 g/mol. The second-order valence-electron chi connectivity index (χ2n) is 10.6. The Hall–Kier alpha value is -5.12. The lowest BCUT2D eigenvalue weighted by molar-refractivity contribution is 1.43. The Labute approximate surface area is 240 Å². The number of aromatic nitrogens is 2. The molecule has 3 heteroatoms. The topological polar surface area (TPSA) is 25.8 Å². The molecule has 190 valence electrons. The smallest absolute Gasteiger partial charge is 0.143 e. The lowest BCUT2D eigenvalue weighted by Gasteiger charge is -2.13. The predicted molar refractivity (Wildman–Crippen MR) is 176 cm³/mol. The third kappa shape index (κ3) is 3.43. The van der Waals surface area contributed by atoms with E-state index in [1.165, 1.54) is 53.5 Å². The number of hydrogen-bond acceptors (Lipinski definition) is 3. The van der Waals surface area contributed by atoms with Gasteiger partial charge in [-0.2, -0.15) is 0 Å². The first-order chi connectivity index (χ1) is 20.3. The van der Waals surface area contributed by atoms with Gasteiger partial charge in [-0.1, -0.05) is 109 Å². The van der Waals surface area contributed by atoms with Crippen LogP contribution >= 0.6 is 11.3 Å². The molecule has 7 aromatic carbocycles. The molecule has 2 nitrogen and oxygen atoms in total. The highest BCUT2D eigenvalue weighted by Gasteiger charge is 2.14. The van der Waals surface area contributed by atoms with Crippen molar-refractivity contribution in [1.29, 1.82) is 0 Å². The first kappa shape index (κ1) is 22.7. The van der Waals surface area contributed by atoms with Crippen LogP contribution in [0.25, 0.3) is 86.0 Å². The summed E-state index contributed by atoms with van der Waals surface area (Å²) in [7, 11) is 0. The number of nitrogens with zero attached hydrogens (tertiary/aromatic N) is 2. The van der Waals surface area contributed by atoms with Gasteiger partial charge in [0.05, 0.1) is 11.0 Å². The molecule has 0 aliphatic rings. The van der Waals surface area contributed by atoms with Gasteiger partial charge in [-0.3, -0.25) is 0 Å². The number of hydrogen-bond donors (Lipinski definition) is 0. The van der Waals surface area contributed by atoms with Gasteiger partial charge in [0.25, 0.3) is 0 Å². The summed E-state index contributed by atoms with van der Waals surface area (Å²) in [5.74, 6) is 0. The van der Waals surface area contributed by atoms with Gasteiger partial charge in [-0.25, -0.2) is 9.97 Å². The molecule has 0 radical (unpaired) electrons. The van der Waals surface area contributed by atoms with Crippen LogP contribution in [0.1, 0.15) is 0 Å². The average Bonchev–Trinajstić information content (AvgIpc) is 3.41. The number of fused-ring (bicyclic) bond motifs is 10. The van der Waals surface area contributed by atoms with Crippen LogP contribution in [0.2, 0.25) is 0 Å². The quantitative estimate of drug-likeness (QED) is 0.205. The van der Waals surface area contributed by atoms with E-state index in [1.807, 2.05) is 0 Å². The van der Waals surface area contributed by atoms with Crippen molar-refractivity contribution in [1.82, 2.24) is 9.97 Å². The summed E-state index contributed by atoms with van der Waals surface area (Å²) < 4.78 is 1.22. The maximum atomic E-state index is 5.20. The number of para-hydroxylation sites is 1. The van der Waals surface area contributed by atoms with E-state index < -0.39 is 0 Å². The monoisotopic (exact) mass is 538 g/mol. The fraction of sp³-hybridized carbons (Fsp3) is 0. The Kier molecular flexibility index (Phi) is 4.80. The van der Waals surface area contributed by atoms with Crippen molar-refractivity contribution in [2.24, 2.45) is 0 Å². The Balaban J connectivity index is 1.24. The van der Waals surface area contributed by atoms with Crippen LogP contribution < -0.4 is 0 Å². The largest absolute Gasteiger partial charge is 0.242 e. The minimum Gasteiger partial charge on any atom is -0.242 e. The Morgan fingerprint density at radius 1 is 0.390 bits per heavy atom. The zero-order chi connectivity index (χ0) is 26.9. The Morgan fingerprint density at radius 2 is 1.00 bits per heavy atom. The zero-order valence-electron chi connectivity index (χ0n) is 22.0. The maximum absolute atomic E-state index is 5.20. The summed E-state index contributed by atoms with van der Waals surface area (Å²) >= 11 is 1.71. The van der Waals surface area contributed by atoms with E-state index in [1.54, 1.807) is 11.3 Å². The van der Waals surface area contributed by atoms with Crippen LogP contribution in [-0.4, -0.2) is 9.97 Å². The summed E-state index contributed by atoms with van der Waals surface area (Å²) in [6.45, 7) is 0. The van der Waals surface area contributed by atoms with Crippen molar-refractivity contribution in [3.05, 3.63) is 133 Å². The number of thiophene rings is 1. The molecule has 0 saturated carbocycles. The van der Waals surface area contributed by atoms with Crippen LogP contribution in [0.3, 0.4) is 0 Å². The van der Waals surface area contributed by atoms with E-state index in [-0.39, 0.29) is 0 Å². The molecule has 0 aliphatic heterocycles. The van der Waals surface area contributed by atoms with Crippen molar-refractivity contribution in [3.8, 4) is 22.3 Å². The van der Waals surface area contributed by atoms with Crippen LogP contribution in [0, 0.1) is 0 Å². The van der Waals surface area contributed by atoms with Crippen LogP contribution in [-0.2, 0) is 0 Å². The predicted octanol–water partition coefficient (Wildman–Crippen LogP) is 10.8. The van der Waals surface area contributed by atoms with Crippen molar-refractivity contribution in [2.75, 3.05) is 0 Å². The molecule has 0 N–H and O–H groups in total. The molecule has 0 spiro atoms. The minimum atomic E-state index is 0.927. The van der Waals surface area contributed by atoms with Gasteiger partial charge in [-0.15, -0.1) is 11.3 Å². The van der Waals surface area contributed by atoms with Crippen molar-refractivity contribution in [3.63, 3.8) is 0 Å². The fourth-order valence-corrected chi connectivity index (χ4v) is 7.38. The Bertz CT molecular complexity index is 2450. The van der Waals surface area contributed by atoms with E-state index in [0.717, 1.165) is 32.5 Å². The highest BCUT2D eigenvalue weighted by molar-refractivity contribution is 7.25. The molecule has 0 atom stereocenters. The van der Waals surface area contributed by atoms with E-state index in [0.29, 0.717) is 0 Å². The molecule has 0 aliphatic carbocycles. The van der Waals surface area contributed by atoms with Gasteiger partial charge in [-0.05, 0) is 73.3 Å². The van der Waals surface area contributed by atoms with Gasteiger partial charge in [0.1, 0.15) is 10.3 Å². The highest BCUT2D eigenvalue weighted by atomic mass is 32.1. The van der Waals surface area contributed by atoms with E-state index >= 15 is 0 Å². The Morgan fingerprint density at radius 3 is 1.78 bits per heavy atom. The summed E-state index contributed by atoms with van der Waals surface area (Å²) in [5.41, 5.74) is 7.49. The molecule has 0 unspecified atom stereocenters. The molecular formula is C38H22N2S. The van der Waals surface area contributed by atoms with Crippen LogP contribution in [0.15, 0.2) is 133 Å². The molecule has 0 bridgehead atoms. The van der Waals surface area contributed by atoms with Crippen molar-refractivity contribution < 1.29 is 0 Å². The molecule has 0 fully saturated rings. The summed E-state index contributed by atoms with van der Waals surface area (Å²) in [4.78, 5) is 11.2. The molecule has 2 heterocycles. The van der Waals surface area contributed by atoms with Gasteiger partial charge in [0, 0.05) is 15.6 Å². The van der Waals surface area contributed by atoms with Gasteiger partial charge >= 0.3 is 0 Å². The normalized spacial score (nSPS) is 11.9. The first-order valence-electron chi connectivity index (χ1n) is 13.8. The molecule has 41 heavy (non-hydrogen) atoms. The van der Waals surface area contributed by atoms with Gasteiger partial charge in [0.15, 0.2) is 0 Å². The van der Waals surface area contributed by atoms with Crippen LogP contribution in [0.4, 0.5) is 0 Å². The van der Waals surface area contributed by atoms with Crippen molar-refractivity contribution >= 4 is 75.1 Å². The van der Waals surface area contributed by atoms with E-state index in [9.17, 15) is 0 Å². The second-order valence-corrected chi connectivity index (χ2v) is 11.6. The van der Waals surface area contributed by atoms with E-state index in [4.69, 9.17) is 9.97 Å². The lowest BCUT2D eigenvalue weighted by Crippen LogP contribution is -1.89. The molecule has 9 aromatic rings. The average molecular weight is 539 g/mol. The highest BCUT2D eigenvalue weighted by Crippen LogP contribution is 2.39. The summed E-state index contributed by atoms with van der Waals surface area (Å²) in [6.07, 6.45) is 0. The second kappa shape index (κ2) is 8.69. The molecule has 0 amide bonds. The van der Waals surface area contributed by atoms with Crippen LogP contribution in [0.5, 0.6) is 0 Å². The number of benzene rings is 7. The van der Waals surface area contributed by atoms with Gasteiger partial charge in [0.2, 0.25) is 0 Å². The standard InChI is InChI=1S/C38H22N2S/c1-2-13-29-27(11-1)28-12-3-4-14-30(28)33-22-24(19-20-31(29)33)23-9-7-10-25(21-23)26-16-8-17-34-36(26)40-37-32-15-5-6-18-35(32)41-38(37)39-34/h1-22H. The molecule has 2 aromatic heterocycles. The van der Waals surface area contributed by atoms with Gasteiger partial charge < -0.3 is 0 Å².